The first-order valence-corrected chi connectivity index (χ1v) is 23.9. The molecule has 0 unspecified atom stereocenters. The van der Waals surface area contributed by atoms with E-state index in [-0.39, 0.29) is 32.5 Å². The zero-order valence-electron chi connectivity index (χ0n) is 41.6. The number of anilines is 6. The monoisotopic (exact) mass is 849 g/mol. The lowest BCUT2D eigenvalue weighted by Gasteiger charge is -2.43. The summed E-state index contributed by atoms with van der Waals surface area (Å²) in [6.45, 7) is 35.4. The molecule has 0 N–H and O–H groups in total. The lowest BCUT2D eigenvalue weighted by molar-refractivity contribution is 0.332. The van der Waals surface area contributed by atoms with E-state index >= 15 is 0 Å². The van der Waals surface area contributed by atoms with Crippen molar-refractivity contribution in [1.82, 2.24) is 0 Å². The van der Waals surface area contributed by atoms with Crippen LogP contribution in [-0.4, -0.2) is 0 Å². The van der Waals surface area contributed by atoms with Crippen molar-refractivity contribution in [3.05, 3.63) is 154 Å². The van der Waals surface area contributed by atoms with Gasteiger partial charge in [-0.3, -0.25) is 0 Å². The molecule has 3 nitrogen and oxygen atoms in total. The fourth-order valence-electron chi connectivity index (χ4n) is 11.0. The van der Waals surface area contributed by atoms with Crippen molar-refractivity contribution < 1.29 is 4.42 Å². The van der Waals surface area contributed by atoms with Crippen LogP contribution in [0.5, 0.6) is 0 Å². The maximum absolute atomic E-state index is 7.14. The van der Waals surface area contributed by atoms with Crippen molar-refractivity contribution in [2.24, 2.45) is 0 Å². The maximum atomic E-state index is 7.14. The quantitative estimate of drug-likeness (QED) is 0.166. The van der Waals surface area contributed by atoms with Gasteiger partial charge in [-0.05, 0) is 159 Å². The van der Waals surface area contributed by atoms with Gasteiger partial charge in [-0.15, -0.1) is 0 Å². The number of nitrogens with zero attached hydrogens (tertiary/aromatic N) is 2. The van der Waals surface area contributed by atoms with Crippen LogP contribution in [0.1, 0.15) is 162 Å². The summed E-state index contributed by atoms with van der Waals surface area (Å²) in [6.07, 6.45) is 4.71. The molecule has 3 heteroatoms. The largest absolute Gasteiger partial charge is 0.454 e. The average molecular weight is 849 g/mol. The lowest BCUT2D eigenvalue weighted by Crippen LogP contribution is -2.34. The summed E-state index contributed by atoms with van der Waals surface area (Å²) >= 11 is 0. The van der Waals surface area contributed by atoms with E-state index in [2.05, 4.69) is 229 Å². The van der Waals surface area contributed by atoms with Crippen LogP contribution < -0.4 is 9.80 Å². The van der Waals surface area contributed by atoms with E-state index in [4.69, 9.17) is 4.42 Å². The van der Waals surface area contributed by atoms with Crippen LogP contribution in [0.15, 0.2) is 120 Å². The Balaban J connectivity index is 1.32. The van der Waals surface area contributed by atoms with Crippen molar-refractivity contribution in [3.8, 4) is 0 Å². The van der Waals surface area contributed by atoms with Crippen LogP contribution in [0.3, 0.4) is 0 Å². The number of benzene rings is 6. The van der Waals surface area contributed by atoms with E-state index in [0.29, 0.717) is 0 Å². The standard InChI is InChI=1S/C61H72N2O/c1-39-33-44(62(42-25-27-48-51(37-42)60(12,13)31-29-58(48,8)9)43-26-28-49-52(38-43)61(14,15)32-30-59(49,10)11)36-45(34-39)63(41-20-16-19-40(35-41)56(2,3)4)53-24-18-22-47-46-21-17-23-50(57(5,6)7)54(46)64-55(47)53/h16-28,33-38H,29-32H2,1-15H3. The Hall–Kier alpha value is -5.28. The van der Waals surface area contributed by atoms with E-state index in [1.54, 1.807) is 0 Å². The molecular weight excluding hydrogens is 777 g/mol. The van der Waals surface area contributed by atoms with Crippen molar-refractivity contribution in [3.63, 3.8) is 0 Å². The van der Waals surface area contributed by atoms with Crippen LogP contribution in [0.4, 0.5) is 34.1 Å². The normalized spacial score (nSPS) is 17.5. The molecule has 332 valence electrons. The van der Waals surface area contributed by atoms with Gasteiger partial charge in [0.05, 0.1) is 5.69 Å². The predicted octanol–water partition coefficient (Wildman–Crippen LogP) is 18.1. The second-order valence-corrected chi connectivity index (χ2v) is 24.2. The zero-order chi connectivity index (χ0) is 45.9. The molecule has 0 saturated heterocycles. The highest BCUT2D eigenvalue weighted by Gasteiger charge is 2.39. The first-order valence-electron chi connectivity index (χ1n) is 23.9. The molecule has 0 spiro atoms. The number of fused-ring (bicyclic) bond motifs is 5. The highest BCUT2D eigenvalue weighted by molar-refractivity contribution is 6.11. The van der Waals surface area contributed by atoms with Crippen molar-refractivity contribution in [2.75, 3.05) is 9.80 Å². The van der Waals surface area contributed by atoms with Gasteiger partial charge in [-0.25, -0.2) is 0 Å². The topological polar surface area (TPSA) is 19.6 Å². The Labute approximate surface area is 384 Å². The Morgan fingerprint density at radius 1 is 0.422 bits per heavy atom. The average Bonchev–Trinajstić information content (AvgIpc) is 3.61. The molecule has 1 aromatic heterocycles. The number of furan rings is 1. The van der Waals surface area contributed by atoms with Gasteiger partial charge < -0.3 is 14.2 Å². The van der Waals surface area contributed by atoms with E-state index in [0.717, 1.165) is 44.7 Å². The van der Waals surface area contributed by atoms with E-state index < -0.39 is 0 Å². The van der Waals surface area contributed by atoms with Gasteiger partial charge in [-0.2, -0.15) is 0 Å². The molecule has 2 aliphatic carbocycles. The van der Waals surface area contributed by atoms with E-state index in [9.17, 15) is 0 Å². The Morgan fingerprint density at radius 3 is 1.42 bits per heavy atom. The Kier molecular flexibility index (Phi) is 10.2. The fraction of sp³-hybridized carbons (Fsp3) is 0.410. The summed E-state index contributed by atoms with van der Waals surface area (Å²) in [5.41, 5.74) is 18.5. The van der Waals surface area contributed by atoms with Crippen molar-refractivity contribution in [2.45, 2.75) is 162 Å². The van der Waals surface area contributed by atoms with Crippen LogP contribution in [0, 0.1) is 6.92 Å². The Bertz CT molecular complexity index is 2860. The first kappa shape index (κ1) is 43.9. The molecule has 0 aliphatic heterocycles. The van der Waals surface area contributed by atoms with Gasteiger partial charge in [0, 0.05) is 44.8 Å². The fourth-order valence-corrected chi connectivity index (χ4v) is 11.0. The molecule has 9 rings (SSSR count). The molecule has 0 saturated carbocycles. The molecule has 64 heavy (non-hydrogen) atoms. The van der Waals surface area contributed by atoms with Gasteiger partial charge >= 0.3 is 0 Å². The third kappa shape index (κ3) is 7.55. The molecule has 0 atom stereocenters. The summed E-state index contributed by atoms with van der Waals surface area (Å²) in [4.78, 5) is 5.00. The minimum absolute atomic E-state index is 0.0349. The van der Waals surface area contributed by atoms with Gasteiger partial charge in [0.1, 0.15) is 5.58 Å². The van der Waals surface area contributed by atoms with Crippen LogP contribution >= 0.6 is 0 Å². The molecule has 0 radical (unpaired) electrons. The molecular formula is C61H72N2O. The molecule has 0 amide bonds. The summed E-state index contributed by atoms with van der Waals surface area (Å²) < 4.78 is 7.14. The first-order chi connectivity index (χ1) is 29.9. The Morgan fingerprint density at radius 2 is 0.891 bits per heavy atom. The SMILES string of the molecule is Cc1cc(N(c2ccc3c(c2)C(C)(C)CCC3(C)C)c2ccc3c(c2)C(C)(C)CCC3(C)C)cc(N(c2cccc(C(C)(C)C)c2)c2cccc3c2oc2c(C(C)(C)C)cccc23)c1. The number of rotatable bonds is 6. The third-order valence-corrected chi connectivity index (χ3v) is 15.3. The second kappa shape index (κ2) is 14.9. The molecule has 7 aromatic rings. The number of aryl methyl sites for hydroxylation is 1. The van der Waals surface area contributed by atoms with Gasteiger partial charge in [0.25, 0.3) is 0 Å². The van der Waals surface area contributed by atoms with E-state index in [1.165, 1.54) is 76.0 Å². The smallest absolute Gasteiger partial charge is 0.159 e. The summed E-state index contributed by atoms with van der Waals surface area (Å²) in [6, 6.07) is 44.3. The highest BCUT2D eigenvalue weighted by Crippen LogP contribution is 2.52. The van der Waals surface area contributed by atoms with E-state index in [1.807, 2.05) is 0 Å². The number of hydrogen-bond donors (Lipinski definition) is 0. The minimum Gasteiger partial charge on any atom is -0.454 e. The maximum Gasteiger partial charge on any atom is 0.159 e. The number of hydrogen-bond acceptors (Lipinski definition) is 3. The molecule has 0 bridgehead atoms. The highest BCUT2D eigenvalue weighted by atomic mass is 16.3. The summed E-state index contributed by atoms with van der Waals surface area (Å²) in [7, 11) is 0. The molecule has 6 aromatic carbocycles. The summed E-state index contributed by atoms with van der Waals surface area (Å²) in [5, 5.41) is 2.28. The van der Waals surface area contributed by atoms with Crippen LogP contribution in [0.25, 0.3) is 21.9 Å². The molecule has 2 aliphatic rings. The van der Waals surface area contributed by atoms with Gasteiger partial charge in [0.2, 0.25) is 0 Å². The number of para-hydroxylation sites is 2. The van der Waals surface area contributed by atoms with Gasteiger partial charge in [-0.1, -0.05) is 152 Å². The lowest BCUT2D eigenvalue weighted by atomic mass is 9.63. The molecule has 1 heterocycles. The van der Waals surface area contributed by atoms with Crippen LogP contribution in [-0.2, 0) is 32.5 Å². The third-order valence-electron chi connectivity index (χ3n) is 15.3. The van der Waals surface area contributed by atoms with Crippen molar-refractivity contribution in [1.29, 1.82) is 0 Å². The minimum atomic E-state index is -0.0769. The predicted molar refractivity (Wildman–Crippen MR) is 276 cm³/mol. The van der Waals surface area contributed by atoms with Crippen molar-refractivity contribution >= 4 is 56.1 Å². The van der Waals surface area contributed by atoms with Gasteiger partial charge in [0.15, 0.2) is 5.58 Å². The van der Waals surface area contributed by atoms with Crippen LogP contribution in [0.2, 0.25) is 0 Å². The summed E-state index contributed by atoms with van der Waals surface area (Å²) in [5.74, 6) is 0. The zero-order valence-corrected chi connectivity index (χ0v) is 41.6. The second-order valence-electron chi connectivity index (χ2n) is 24.2. The molecule has 0 fully saturated rings.